The number of nitrogens with zero attached hydrogens (tertiary/aromatic N) is 1. The van der Waals surface area contributed by atoms with Gasteiger partial charge in [-0.25, -0.2) is 0 Å². The highest BCUT2D eigenvalue weighted by molar-refractivity contribution is 6.01. The zero-order chi connectivity index (χ0) is 9.19. The second kappa shape index (κ2) is 3.13. The van der Waals surface area contributed by atoms with E-state index in [2.05, 4.69) is 10.5 Å². The quantitative estimate of drug-likeness (QED) is 0.416. The summed E-state index contributed by atoms with van der Waals surface area (Å²) < 4.78 is 0. The van der Waals surface area contributed by atoms with Crippen molar-refractivity contribution in [1.82, 2.24) is 5.32 Å². The number of rotatable bonds is 0. The molecule has 0 aromatic carbocycles. The molecule has 0 bridgehead atoms. The highest BCUT2D eigenvalue weighted by atomic mass is 16.4. The molecular weight excluding hydrogens is 156 g/mol. The maximum Gasteiger partial charge on any atom is 0.225 e. The molecule has 12 heavy (non-hydrogen) atoms. The summed E-state index contributed by atoms with van der Waals surface area (Å²) in [6, 6.07) is 0. The molecule has 0 aromatic rings. The van der Waals surface area contributed by atoms with Gasteiger partial charge in [0.25, 0.3) is 0 Å². The molecule has 1 saturated heterocycles. The van der Waals surface area contributed by atoms with Crippen molar-refractivity contribution in [3.05, 3.63) is 0 Å². The summed E-state index contributed by atoms with van der Waals surface area (Å²) in [4.78, 5) is 11.0. The normalized spacial score (nSPS) is 26.5. The predicted octanol–water partition coefficient (Wildman–Crippen LogP) is 0.753. The number of carbonyl (C=O) groups is 1. The maximum absolute atomic E-state index is 11.0. The lowest BCUT2D eigenvalue weighted by atomic mass is 9.87. The van der Waals surface area contributed by atoms with Gasteiger partial charge in [0.2, 0.25) is 5.91 Å². The minimum Gasteiger partial charge on any atom is -0.411 e. The van der Waals surface area contributed by atoms with Crippen LogP contribution in [0.15, 0.2) is 5.16 Å². The van der Waals surface area contributed by atoms with Crippen LogP contribution in [0, 0.1) is 5.41 Å². The third kappa shape index (κ3) is 2.22. The Labute approximate surface area is 71.6 Å². The standard InChI is InChI=1S/C8H14N2O2/c1-8(2)4-6(10-12)3-7(11)9-5-8/h12H,3-5H2,1-2H3,(H,9,11). The molecule has 1 aliphatic rings. The van der Waals surface area contributed by atoms with Crippen LogP contribution in [0.5, 0.6) is 0 Å². The monoisotopic (exact) mass is 170 g/mol. The van der Waals surface area contributed by atoms with Gasteiger partial charge in [0, 0.05) is 6.54 Å². The van der Waals surface area contributed by atoms with Crippen molar-refractivity contribution in [3.63, 3.8) is 0 Å². The van der Waals surface area contributed by atoms with Crippen molar-refractivity contribution in [2.24, 2.45) is 10.6 Å². The molecular formula is C8H14N2O2. The van der Waals surface area contributed by atoms with Crippen molar-refractivity contribution < 1.29 is 10.0 Å². The zero-order valence-corrected chi connectivity index (χ0v) is 7.42. The molecule has 0 aliphatic carbocycles. The average molecular weight is 170 g/mol. The smallest absolute Gasteiger partial charge is 0.225 e. The van der Waals surface area contributed by atoms with Crippen molar-refractivity contribution in [3.8, 4) is 0 Å². The molecule has 1 fully saturated rings. The lowest BCUT2D eigenvalue weighted by molar-refractivity contribution is -0.120. The lowest BCUT2D eigenvalue weighted by Gasteiger charge is -2.20. The summed E-state index contributed by atoms with van der Waals surface area (Å²) in [5.74, 6) is -0.0617. The maximum atomic E-state index is 11.0. The first-order valence-electron chi connectivity index (χ1n) is 4.00. The first-order valence-corrected chi connectivity index (χ1v) is 4.00. The van der Waals surface area contributed by atoms with E-state index < -0.39 is 0 Å². The highest BCUT2D eigenvalue weighted by Crippen LogP contribution is 2.22. The summed E-state index contributed by atoms with van der Waals surface area (Å²) in [5, 5.41) is 14.5. The Morgan fingerprint density at radius 2 is 2.25 bits per heavy atom. The van der Waals surface area contributed by atoms with Gasteiger partial charge in [-0.3, -0.25) is 4.79 Å². The second-order valence-electron chi connectivity index (χ2n) is 3.96. The van der Waals surface area contributed by atoms with Crippen LogP contribution in [0.25, 0.3) is 0 Å². The first-order chi connectivity index (χ1) is 5.53. The molecule has 4 nitrogen and oxygen atoms in total. The first kappa shape index (κ1) is 9.03. The van der Waals surface area contributed by atoms with Crippen molar-refractivity contribution in [2.45, 2.75) is 26.7 Å². The van der Waals surface area contributed by atoms with E-state index in [1.165, 1.54) is 0 Å². The van der Waals surface area contributed by atoms with E-state index in [4.69, 9.17) is 5.21 Å². The van der Waals surface area contributed by atoms with Crippen LogP contribution in [-0.2, 0) is 4.79 Å². The average Bonchev–Trinajstić information content (AvgIpc) is 2.10. The van der Waals surface area contributed by atoms with Crippen LogP contribution in [0.4, 0.5) is 0 Å². The molecule has 0 atom stereocenters. The molecule has 4 heteroatoms. The van der Waals surface area contributed by atoms with E-state index in [9.17, 15) is 4.79 Å². The molecule has 1 rings (SSSR count). The lowest BCUT2D eigenvalue weighted by Crippen LogP contribution is -2.30. The van der Waals surface area contributed by atoms with Gasteiger partial charge in [-0.2, -0.15) is 0 Å². The zero-order valence-electron chi connectivity index (χ0n) is 7.42. The number of hydrogen-bond acceptors (Lipinski definition) is 3. The highest BCUT2D eigenvalue weighted by Gasteiger charge is 2.26. The molecule has 1 aliphatic heterocycles. The van der Waals surface area contributed by atoms with Gasteiger partial charge in [0.15, 0.2) is 0 Å². The van der Waals surface area contributed by atoms with E-state index in [1.54, 1.807) is 0 Å². The molecule has 1 amide bonds. The van der Waals surface area contributed by atoms with Crippen LogP contribution in [0.2, 0.25) is 0 Å². The molecule has 2 N–H and O–H groups in total. The minimum atomic E-state index is -0.0617. The number of nitrogens with one attached hydrogen (secondary N) is 1. The van der Waals surface area contributed by atoms with Gasteiger partial charge in [0.05, 0.1) is 12.1 Å². The van der Waals surface area contributed by atoms with Gasteiger partial charge >= 0.3 is 0 Å². The number of amides is 1. The van der Waals surface area contributed by atoms with Gasteiger partial charge in [0.1, 0.15) is 0 Å². The van der Waals surface area contributed by atoms with Gasteiger partial charge in [-0.1, -0.05) is 19.0 Å². The Kier molecular flexibility index (Phi) is 2.35. The molecule has 0 aromatic heterocycles. The fourth-order valence-electron chi connectivity index (χ4n) is 1.33. The van der Waals surface area contributed by atoms with Crippen LogP contribution < -0.4 is 5.32 Å². The third-order valence-electron chi connectivity index (χ3n) is 1.95. The number of oxime groups is 1. The second-order valence-corrected chi connectivity index (χ2v) is 3.96. The molecule has 68 valence electrons. The van der Waals surface area contributed by atoms with Gasteiger partial charge < -0.3 is 10.5 Å². The summed E-state index contributed by atoms with van der Waals surface area (Å²) in [5.41, 5.74) is 0.559. The van der Waals surface area contributed by atoms with Crippen LogP contribution in [0.3, 0.4) is 0 Å². The Morgan fingerprint density at radius 3 is 2.83 bits per heavy atom. The SMILES string of the molecule is CC1(C)CNC(=O)CC(=NO)C1. The topological polar surface area (TPSA) is 61.7 Å². The van der Waals surface area contributed by atoms with Crippen LogP contribution >= 0.6 is 0 Å². The van der Waals surface area contributed by atoms with Crippen molar-refractivity contribution in [2.75, 3.05) is 6.54 Å². The van der Waals surface area contributed by atoms with E-state index in [0.29, 0.717) is 18.7 Å². The van der Waals surface area contributed by atoms with Crippen molar-refractivity contribution >= 4 is 11.6 Å². The van der Waals surface area contributed by atoms with Crippen LogP contribution in [-0.4, -0.2) is 23.4 Å². The summed E-state index contributed by atoms with van der Waals surface area (Å²) in [6.07, 6.45) is 0.891. The van der Waals surface area contributed by atoms with Gasteiger partial charge in [-0.05, 0) is 11.8 Å². The Morgan fingerprint density at radius 1 is 1.58 bits per heavy atom. The summed E-state index contributed by atoms with van der Waals surface area (Å²) in [7, 11) is 0. The van der Waals surface area contributed by atoms with E-state index in [-0.39, 0.29) is 17.7 Å². The Hall–Kier alpha value is -1.06. The molecule has 0 unspecified atom stereocenters. The van der Waals surface area contributed by atoms with E-state index in [1.807, 2.05) is 13.8 Å². The number of hydrogen-bond donors (Lipinski definition) is 2. The third-order valence-corrected chi connectivity index (χ3v) is 1.95. The van der Waals surface area contributed by atoms with Gasteiger partial charge in [-0.15, -0.1) is 0 Å². The summed E-state index contributed by atoms with van der Waals surface area (Å²) in [6.45, 7) is 4.71. The predicted molar refractivity (Wildman–Crippen MR) is 45.2 cm³/mol. The minimum absolute atomic E-state index is 0.00623. The van der Waals surface area contributed by atoms with Crippen molar-refractivity contribution in [1.29, 1.82) is 0 Å². The Balaban J connectivity index is 2.76. The molecule has 0 spiro atoms. The Bertz CT molecular complexity index is 221. The fraction of sp³-hybridized carbons (Fsp3) is 0.750. The number of carbonyl (C=O) groups excluding carboxylic acids is 1. The summed E-state index contributed by atoms with van der Waals surface area (Å²) >= 11 is 0. The van der Waals surface area contributed by atoms with E-state index >= 15 is 0 Å². The largest absolute Gasteiger partial charge is 0.411 e. The molecule has 1 heterocycles. The van der Waals surface area contributed by atoms with Crippen LogP contribution in [0.1, 0.15) is 26.7 Å². The van der Waals surface area contributed by atoms with E-state index in [0.717, 1.165) is 0 Å². The molecule has 0 saturated carbocycles. The molecule has 0 radical (unpaired) electrons. The fourth-order valence-corrected chi connectivity index (χ4v) is 1.33.